The third-order valence-corrected chi connectivity index (χ3v) is 6.64. The minimum atomic E-state index is 0.158. The van der Waals surface area contributed by atoms with E-state index in [1.54, 1.807) is 7.05 Å². The molecule has 0 aromatic heterocycles. The van der Waals surface area contributed by atoms with Gasteiger partial charge in [0.2, 0.25) is 5.91 Å². The molecule has 2 saturated heterocycles. The van der Waals surface area contributed by atoms with Crippen molar-refractivity contribution in [1.82, 2.24) is 20.4 Å². The van der Waals surface area contributed by atoms with Crippen molar-refractivity contribution < 1.29 is 4.79 Å². The van der Waals surface area contributed by atoms with Crippen LogP contribution in [-0.4, -0.2) is 87.6 Å². The molecule has 2 fully saturated rings. The average molecular weight is 443 g/mol. The number of piperidine rings is 1. The molecule has 0 saturated carbocycles. The maximum Gasteiger partial charge on any atom is 0.220 e. The summed E-state index contributed by atoms with van der Waals surface area (Å²) in [5, 5.41) is 6.21. The van der Waals surface area contributed by atoms with E-state index in [9.17, 15) is 4.79 Å². The number of nitrogens with zero attached hydrogens (tertiary/aromatic N) is 4. The number of unbranched alkanes of at least 4 members (excludes halogenated alkanes) is 1. The van der Waals surface area contributed by atoms with Crippen molar-refractivity contribution in [2.24, 2.45) is 10.9 Å². The van der Waals surface area contributed by atoms with Crippen molar-refractivity contribution >= 4 is 17.6 Å². The van der Waals surface area contributed by atoms with E-state index in [2.05, 4.69) is 62.6 Å². The summed E-state index contributed by atoms with van der Waals surface area (Å²) in [6.07, 6.45) is 5.10. The summed E-state index contributed by atoms with van der Waals surface area (Å²) in [5.74, 6) is 1.70. The van der Waals surface area contributed by atoms with Crippen LogP contribution in [0.4, 0.5) is 5.69 Å². The summed E-state index contributed by atoms with van der Waals surface area (Å²) >= 11 is 0. The van der Waals surface area contributed by atoms with Crippen LogP contribution in [-0.2, 0) is 4.79 Å². The number of guanidine groups is 1. The quantitative estimate of drug-likeness (QED) is 0.349. The molecule has 178 valence electrons. The van der Waals surface area contributed by atoms with Crippen molar-refractivity contribution in [3.8, 4) is 0 Å². The number of hydrogen-bond donors (Lipinski definition) is 2. The first-order valence-electron chi connectivity index (χ1n) is 12.5. The molecule has 3 rings (SSSR count). The summed E-state index contributed by atoms with van der Waals surface area (Å²) in [5.41, 5.74) is 1.34. The highest BCUT2D eigenvalue weighted by Gasteiger charge is 2.23. The lowest BCUT2D eigenvalue weighted by atomic mass is 9.93. The molecular formula is C25H42N6O. The molecule has 7 heteroatoms. The SMILES string of the molecule is CCNC(=NCCCCN1CCN(c2ccccc2)CC1)N1CCC(CC(=O)NC)CC1. The molecule has 0 unspecified atom stereocenters. The molecule has 32 heavy (non-hydrogen) atoms. The van der Waals surface area contributed by atoms with E-state index in [0.29, 0.717) is 12.3 Å². The van der Waals surface area contributed by atoms with Crippen LogP contribution in [0.5, 0.6) is 0 Å². The number of aliphatic imine (C=N–C) groups is 1. The number of likely N-dealkylation sites (tertiary alicyclic amines) is 1. The molecule has 0 atom stereocenters. The number of para-hydroxylation sites is 1. The van der Waals surface area contributed by atoms with Crippen molar-refractivity contribution in [1.29, 1.82) is 0 Å². The van der Waals surface area contributed by atoms with E-state index in [0.717, 1.165) is 77.6 Å². The maximum absolute atomic E-state index is 11.6. The highest BCUT2D eigenvalue weighted by molar-refractivity contribution is 5.80. The largest absolute Gasteiger partial charge is 0.369 e. The molecule has 0 radical (unpaired) electrons. The highest BCUT2D eigenvalue weighted by atomic mass is 16.1. The molecule has 7 nitrogen and oxygen atoms in total. The van der Waals surface area contributed by atoms with E-state index in [4.69, 9.17) is 4.99 Å². The van der Waals surface area contributed by atoms with Gasteiger partial charge in [-0.3, -0.25) is 14.7 Å². The highest BCUT2D eigenvalue weighted by Crippen LogP contribution is 2.20. The van der Waals surface area contributed by atoms with E-state index in [1.165, 1.54) is 18.7 Å². The minimum absolute atomic E-state index is 0.158. The van der Waals surface area contributed by atoms with Crippen LogP contribution < -0.4 is 15.5 Å². The molecule has 2 aliphatic heterocycles. The number of amides is 1. The smallest absolute Gasteiger partial charge is 0.220 e. The second kappa shape index (κ2) is 13.3. The Morgan fingerprint density at radius 2 is 1.75 bits per heavy atom. The van der Waals surface area contributed by atoms with Crippen molar-refractivity contribution in [2.75, 3.05) is 70.9 Å². The van der Waals surface area contributed by atoms with Gasteiger partial charge in [-0.2, -0.15) is 0 Å². The van der Waals surface area contributed by atoms with E-state index >= 15 is 0 Å². The van der Waals surface area contributed by atoms with Crippen LogP contribution in [0.1, 0.15) is 39.0 Å². The van der Waals surface area contributed by atoms with Crippen LogP contribution in [0, 0.1) is 5.92 Å². The Kier molecular flexibility index (Phi) is 10.1. The summed E-state index contributed by atoms with van der Waals surface area (Å²) in [6.45, 7) is 11.6. The fourth-order valence-corrected chi connectivity index (χ4v) is 4.64. The Bertz CT molecular complexity index is 694. The maximum atomic E-state index is 11.6. The Labute approximate surface area is 194 Å². The van der Waals surface area contributed by atoms with Crippen LogP contribution in [0.2, 0.25) is 0 Å². The Balaban J connectivity index is 1.33. The van der Waals surface area contributed by atoms with Crippen LogP contribution >= 0.6 is 0 Å². The van der Waals surface area contributed by atoms with Crippen LogP contribution in [0.3, 0.4) is 0 Å². The molecule has 2 aliphatic rings. The Morgan fingerprint density at radius 1 is 1.03 bits per heavy atom. The zero-order chi connectivity index (χ0) is 22.6. The second-order valence-corrected chi connectivity index (χ2v) is 8.91. The lowest BCUT2D eigenvalue weighted by Gasteiger charge is -2.36. The molecule has 2 heterocycles. The van der Waals surface area contributed by atoms with Gasteiger partial charge in [-0.25, -0.2) is 0 Å². The van der Waals surface area contributed by atoms with Gasteiger partial charge in [0.15, 0.2) is 5.96 Å². The number of carbonyl (C=O) groups excluding carboxylic acids is 1. The van der Waals surface area contributed by atoms with Gasteiger partial charge in [0.25, 0.3) is 0 Å². The second-order valence-electron chi connectivity index (χ2n) is 8.91. The topological polar surface area (TPSA) is 63.2 Å². The molecule has 1 amide bonds. The third-order valence-electron chi connectivity index (χ3n) is 6.64. The summed E-state index contributed by atoms with van der Waals surface area (Å²) in [4.78, 5) is 24.0. The monoisotopic (exact) mass is 442 g/mol. The first-order chi connectivity index (χ1) is 15.7. The molecule has 2 N–H and O–H groups in total. The predicted molar refractivity (Wildman–Crippen MR) is 133 cm³/mol. The Morgan fingerprint density at radius 3 is 2.41 bits per heavy atom. The van der Waals surface area contributed by atoms with Gasteiger partial charge in [-0.05, 0) is 57.2 Å². The van der Waals surface area contributed by atoms with E-state index < -0.39 is 0 Å². The molecule has 1 aromatic rings. The standard InChI is InChI=1S/C25H42N6O/c1-3-27-25(31-15-11-22(12-16-31)21-24(32)26-2)28-13-7-8-14-29-17-19-30(20-18-29)23-9-5-4-6-10-23/h4-6,9-10,22H,3,7-8,11-21H2,1-2H3,(H,26,32)(H,27,28). The number of hydrogen-bond acceptors (Lipinski definition) is 4. The van der Waals surface area contributed by atoms with Crippen molar-refractivity contribution in [3.63, 3.8) is 0 Å². The van der Waals surface area contributed by atoms with Crippen molar-refractivity contribution in [2.45, 2.75) is 39.0 Å². The van der Waals surface area contributed by atoms with Crippen LogP contribution in [0.15, 0.2) is 35.3 Å². The van der Waals surface area contributed by atoms with E-state index in [-0.39, 0.29) is 5.91 Å². The van der Waals surface area contributed by atoms with Gasteiger partial charge in [-0.1, -0.05) is 18.2 Å². The van der Waals surface area contributed by atoms with Gasteiger partial charge in [0, 0.05) is 71.5 Å². The zero-order valence-electron chi connectivity index (χ0n) is 20.1. The Hall–Kier alpha value is -2.28. The summed E-state index contributed by atoms with van der Waals surface area (Å²) in [6, 6.07) is 10.7. The molecular weight excluding hydrogens is 400 g/mol. The minimum Gasteiger partial charge on any atom is -0.369 e. The number of benzene rings is 1. The van der Waals surface area contributed by atoms with Gasteiger partial charge in [0.1, 0.15) is 0 Å². The first-order valence-corrected chi connectivity index (χ1v) is 12.5. The zero-order valence-corrected chi connectivity index (χ0v) is 20.1. The number of rotatable bonds is 9. The van der Waals surface area contributed by atoms with Gasteiger partial charge < -0.3 is 20.4 Å². The molecule has 1 aromatic carbocycles. The normalized spacial score (nSPS) is 18.6. The molecule has 0 aliphatic carbocycles. The molecule has 0 spiro atoms. The number of nitrogens with one attached hydrogen (secondary N) is 2. The lowest BCUT2D eigenvalue weighted by molar-refractivity contribution is -0.121. The fraction of sp³-hybridized carbons (Fsp3) is 0.680. The first kappa shape index (κ1) is 24.4. The summed E-state index contributed by atoms with van der Waals surface area (Å²) in [7, 11) is 1.72. The number of piperazine rings is 1. The van der Waals surface area contributed by atoms with Gasteiger partial charge >= 0.3 is 0 Å². The summed E-state index contributed by atoms with van der Waals surface area (Å²) < 4.78 is 0. The van der Waals surface area contributed by atoms with Crippen LogP contribution in [0.25, 0.3) is 0 Å². The fourth-order valence-electron chi connectivity index (χ4n) is 4.64. The van der Waals surface area contributed by atoms with Gasteiger partial charge in [0.05, 0.1) is 0 Å². The van der Waals surface area contributed by atoms with Gasteiger partial charge in [-0.15, -0.1) is 0 Å². The van der Waals surface area contributed by atoms with Crippen molar-refractivity contribution in [3.05, 3.63) is 30.3 Å². The average Bonchev–Trinajstić information content (AvgIpc) is 2.84. The lowest BCUT2D eigenvalue weighted by Crippen LogP contribution is -2.46. The van der Waals surface area contributed by atoms with E-state index in [1.807, 2.05) is 0 Å². The number of carbonyl (C=O) groups is 1. The number of anilines is 1. The third kappa shape index (κ3) is 7.69. The predicted octanol–water partition coefficient (Wildman–Crippen LogP) is 2.40. The molecule has 0 bridgehead atoms.